The number of aromatic nitrogens is 2. The van der Waals surface area contributed by atoms with Crippen molar-refractivity contribution in [2.75, 3.05) is 18.1 Å². The Labute approximate surface area is 133 Å². The first-order valence-corrected chi connectivity index (χ1v) is 7.62. The van der Waals surface area contributed by atoms with Crippen molar-refractivity contribution in [3.8, 4) is 5.75 Å². The Morgan fingerprint density at radius 1 is 1.26 bits per heavy atom. The summed E-state index contributed by atoms with van der Waals surface area (Å²) in [5, 5.41) is 0. The van der Waals surface area contributed by atoms with Crippen LogP contribution in [0.2, 0.25) is 0 Å². The van der Waals surface area contributed by atoms with Crippen molar-refractivity contribution in [3.63, 3.8) is 0 Å². The van der Waals surface area contributed by atoms with E-state index in [0.717, 1.165) is 33.6 Å². The third-order valence-electron chi connectivity index (χ3n) is 4.16. The normalized spacial score (nSPS) is 13.7. The second kappa shape index (κ2) is 5.12. The number of H-pyrrole nitrogens is 1. The minimum Gasteiger partial charge on any atom is -0.490 e. The number of fused-ring (bicyclic) bond motifs is 2. The molecule has 4 rings (SSSR count). The number of hydrogen-bond donors (Lipinski definition) is 1. The van der Waals surface area contributed by atoms with Gasteiger partial charge in [-0.1, -0.05) is 6.07 Å². The fourth-order valence-electron chi connectivity index (χ4n) is 3.16. The lowest BCUT2D eigenvalue weighted by Gasteiger charge is -2.31. The van der Waals surface area contributed by atoms with E-state index < -0.39 is 0 Å². The Morgan fingerprint density at radius 3 is 3.00 bits per heavy atom. The number of aromatic amines is 1. The highest BCUT2D eigenvalue weighted by Crippen LogP contribution is 2.36. The molecule has 0 bridgehead atoms. The molecule has 1 N–H and O–H groups in total. The molecule has 23 heavy (non-hydrogen) atoms. The maximum absolute atomic E-state index is 13.0. The summed E-state index contributed by atoms with van der Waals surface area (Å²) < 4.78 is 5.75. The molecule has 2 heterocycles. The molecule has 2 aromatic carbocycles. The zero-order chi connectivity index (χ0) is 16.0. The van der Waals surface area contributed by atoms with Gasteiger partial charge in [-0.25, -0.2) is 4.98 Å². The fraction of sp³-hybridized carbons (Fsp3) is 0.222. The summed E-state index contributed by atoms with van der Waals surface area (Å²) in [6, 6.07) is 9.60. The second-order valence-electron chi connectivity index (χ2n) is 5.87. The van der Waals surface area contributed by atoms with Crippen molar-refractivity contribution >= 4 is 22.6 Å². The molecule has 0 saturated carbocycles. The number of ether oxygens (including phenoxy) is 1. The highest BCUT2D eigenvalue weighted by molar-refractivity contribution is 6.09. The van der Waals surface area contributed by atoms with Crippen LogP contribution in [0.5, 0.6) is 5.75 Å². The molecule has 3 aromatic rings. The average Bonchev–Trinajstić information content (AvgIpc) is 3.00. The number of aryl methyl sites for hydroxylation is 2. The molecule has 5 nitrogen and oxygen atoms in total. The molecule has 0 aliphatic carbocycles. The van der Waals surface area contributed by atoms with E-state index >= 15 is 0 Å². The Hall–Kier alpha value is -2.82. The monoisotopic (exact) mass is 307 g/mol. The minimum absolute atomic E-state index is 0.0157. The maximum atomic E-state index is 13.0. The number of anilines is 1. The lowest BCUT2D eigenvalue weighted by molar-refractivity contribution is 0.0976. The number of carbonyl (C=O) groups is 1. The van der Waals surface area contributed by atoms with Gasteiger partial charge in [0.2, 0.25) is 0 Å². The van der Waals surface area contributed by atoms with E-state index in [0.29, 0.717) is 18.7 Å². The maximum Gasteiger partial charge on any atom is 0.258 e. The number of carbonyl (C=O) groups excluding carboxylic acids is 1. The number of imidazole rings is 1. The lowest BCUT2D eigenvalue weighted by Crippen LogP contribution is -2.38. The summed E-state index contributed by atoms with van der Waals surface area (Å²) in [6.45, 7) is 5.10. The van der Waals surface area contributed by atoms with Crippen LogP contribution in [0.3, 0.4) is 0 Å². The van der Waals surface area contributed by atoms with Gasteiger partial charge in [-0.3, -0.25) is 4.79 Å². The van der Waals surface area contributed by atoms with Crippen LogP contribution in [-0.2, 0) is 0 Å². The van der Waals surface area contributed by atoms with E-state index in [1.807, 2.05) is 43.0 Å². The molecule has 0 radical (unpaired) electrons. The van der Waals surface area contributed by atoms with Gasteiger partial charge in [-0.2, -0.15) is 0 Å². The van der Waals surface area contributed by atoms with Gasteiger partial charge >= 0.3 is 0 Å². The van der Waals surface area contributed by atoms with Crippen LogP contribution in [0, 0.1) is 13.8 Å². The van der Waals surface area contributed by atoms with Crippen molar-refractivity contribution in [2.24, 2.45) is 0 Å². The summed E-state index contributed by atoms with van der Waals surface area (Å²) >= 11 is 0. The zero-order valence-electron chi connectivity index (χ0n) is 13.1. The van der Waals surface area contributed by atoms with Crippen LogP contribution in [0.25, 0.3) is 11.0 Å². The predicted octanol–water partition coefficient (Wildman–Crippen LogP) is 3.22. The van der Waals surface area contributed by atoms with Crippen molar-refractivity contribution in [1.82, 2.24) is 9.97 Å². The molecular formula is C18H17N3O2. The van der Waals surface area contributed by atoms with E-state index in [1.54, 1.807) is 6.33 Å². The number of nitrogens with zero attached hydrogens (tertiary/aromatic N) is 2. The van der Waals surface area contributed by atoms with Crippen LogP contribution >= 0.6 is 0 Å². The fourth-order valence-corrected chi connectivity index (χ4v) is 3.16. The summed E-state index contributed by atoms with van der Waals surface area (Å²) in [4.78, 5) is 22.1. The van der Waals surface area contributed by atoms with Crippen LogP contribution in [0.15, 0.2) is 36.7 Å². The summed E-state index contributed by atoms with van der Waals surface area (Å²) in [7, 11) is 0. The van der Waals surface area contributed by atoms with Crippen molar-refractivity contribution < 1.29 is 9.53 Å². The minimum atomic E-state index is -0.0157. The van der Waals surface area contributed by atoms with Crippen molar-refractivity contribution in [3.05, 3.63) is 53.3 Å². The number of amides is 1. The molecule has 0 saturated heterocycles. The molecule has 1 amide bonds. The largest absolute Gasteiger partial charge is 0.490 e. The van der Waals surface area contributed by atoms with Gasteiger partial charge in [0.1, 0.15) is 12.4 Å². The molecule has 116 valence electrons. The highest BCUT2D eigenvalue weighted by Gasteiger charge is 2.26. The third-order valence-corrected chi connectivity index (χ3v) is 4.16. The lowest BCUT2D eigenvalue weighted by atomic mass is 10.1. The van der Waals surface area contributed by atoms with Crippen LogP contribution in [0.4, 0.5) is 5.69 Å². The molecule has 1 aliphatic rings. The molecule has 0 atom stereocenters. The molecule has 5 heteroatoms. The number of hydrogen-bond acceptors (Lipinski definition) is 3. The first kappa shape index (κ1) is 13.8. The predicted molar refractivity (Wildman–Crippen MR) is 89.2 cm³/mol. The quantitative estimate of drug-likeness (QED) is 0.751. The topological polar surface area (TPSA) is 58.2 Å². The van der Waals surface area contributed by atoms with Gasteiger partial charge in [0.25, 0.3) is 5.91 Å². The van der Waals surface area contributed by atoms with Crippen LogP contribution in [0.1, 0.15) is 21.5 Å². The SMILES string of the molecule is Cc1cc(C)c2c(c1)OCCN2C(=O)c1ccc2nc[nH]c2c1. The van der Waals surface area contributed by atoms with Gasteiger partial charge in [0.05, 0.1) is 29.6 Å². The third kappa shape index (κ3) is 2.25. The first-order valence-electron chi connectivity index (χ1n) is 7.62. The van der Waals surface area contributed by atoms with Gasteiger partial charge in [-0.15, -0.1) is 0 Å². The van der Waals surface area contributed by atoms with Crippen molar-refractivity contribution in [1.29, 1.82) is 0 Å². The smallest absolute Gasteiger partial charge is 0.258 e. The van der Waals surface area contributed by atoms with E-state index in [1.165, 1.54) is 0 Å². The van der Waals surface area contributed by atoms with E-state index in [2.05, 4.69) is 16.0 Å². The Balaban J connectivity index is 1.78. The van der Waals surface area contributed by atoms with E-state index in [-0.39, 0.29) is 5.91 Å². The Bertz CT molecular complexity index is 914. The summed E-state index contributed by atoms with van der Waals surface area (Å²) in [6.07, 6.45) is 1.63. The molecule has 0 spiro atoms. The first-order chi connectivity index (χ1) is 11.1. The van der Waals surface area contributed by atoms with Crippen LogP contribution in [-0.4, -0.2) is 29.0 Å². The van der Waals surface area contributed by atoms with Crippen molar-refractivity contribution in [2.45, 2.75) is 13.8 Å². The molecular weight excluding hydrogens is 290 g/mol. The van der Waals surface area contributed by atoms with Gasteiger partial charge in [-0.05, 0) is 49.2 Å². The number of rotatable bonds is 1. The van der Waals surface area contributed by atoms with E-state index in [9.17, 15) is 4.79 Å². The highest BCUT2D eigenvalue weighted by atomic mass is 16.5. The van der Waals surface area contributed by atoms with Gasteiger partial charge in [0.15, 0.2) is 0 Å². The van der Waals surface area contributed by atoms with Gasteiger partial charge in [0, 0.05) is 5.56 Å². The summed E-state index contributed by atoms with van der Waals surface area (Å²) in [5.74, 6) is 0.766. The van der Waals surface area contributed by atoms with E-state index in [4.69, 9.17) is 4.74 Å². The second-order valence-corrected chi connectivity index (χ2v) is 5.87. The number of nitrogens with one attached hydrogen (secondary N) is 1. The Morgan fingerprint density at radius 2 is 2.13 bits per heavy atom. The molecule has 1 aliphatic heterocycles. The number of benzene rings is 2. The average molecular weight is 307 g/mol. The zero-order valence-corrected chi connectivity index (χ0v) is 13.1. The summed E-state index contributed by atoms with van der Waals surface area (Å²) in [5.41, 5.74) is 5.43. The van der Waals surface area contributed by atoms with Crippen LogP contribution < -0.4 is 9.64 Å². The Kier molecular flexibility index (Phi) is 3.08. The van der Waals surface area contributed by atoms with Gasteiger partial charge < -0.3 is 14.6 Å². The molecule has 0 fully saturated rings. The molecule has 0 unspecified atom stereocenters. The molecule has 1 aromatic heterocycles. The standard InChI is InChI=1S/C18H17N3O2/c1-11-7-12(2)17-16(8-11)23-6-5-21(17)18(22)13-3-4-14-15(9-13)20-10-19-14/h3-4,7-10H,5-6H2,1-2H3,(H,19,20).